The molecule has 0 aliphatic heterocycles. The summed E-state index contributed by atoms with van der Waals surface area (Å²) in [5.74, 6) is 2.51. The minimum Gasteiger partial charge on any atom is -0.465 e. The Hall–Kier alpha value is -2.40. The van der Waals surface area contributed by atoms with E-state index in [1.807, 2.05) is 19.1 Å². The van der Waals surface area contributed by atoms with E-state index in [4.69, 9.17) is 10.5 Å². The maximum atomic E-state index is 13.8. The summed E-state index contributed by atoms with van der Waals surface area (Å²) in [5, 5.41) is 3.32. The summed E-state index contributed by atoms with van der Waals surface area (Å²) in [6, 6.07) is 8.06. The lowest BCUT2D eigenvalue weighted by Crippen LogP contribution is -2.65. The van der Waals surface area contributed by atoms with E-state index in [1.165, 1.54) is 63.2 Å². The predicted octanol–water partition coefficient (Wildman–Crippen LogP) is 8.98. The van der Waals surface area contributed by atoms with E-state index in [2.05, 4.69) is 64.7 Å². The number of benzene rings is 1. The van der Waals surface area contributed by atoms with Crippen molar-refractivity contribution in [3.8, 4) is 0 Å². The Labute approximate surface area is 279 Å². The molecule has 5 nitrogen and oxygen atoms in total. The monoisotopic (exact) mass is 630 g/mol. The van der Waals surface area contributed by atoms with E-state index in [1.54, 1.807) is 6.08 Å². The number of hydrogen-bond donors (Lipinski definition) is 2. The van der Waals surface area contributed by atoms with Crippen LogP contribution in [0, 0.1) is 50.7 Å². The first-order valence-corrected chi connectivity index (χ1v) is 18.3. The Balaban J connectivity index is 0.00000134. The highest BCUT2D eigenvalue weighted by atomic mass is 16.5. The van der Waals surface area contributed by atoms with E-state index in [0.717, 1.165) is 25.7 Å². The topological polar surface area (TPSA) is 81.4 Å². The Morgan fingerprint density at radius 3 is 2.28 bits per heavy atom. The molecule has 1 aromatic carbocycles. The molecule has 5 aliphatic rings. The smallest absolute Gasteiger partial charge is 0.337 e. The second kappa shape index (κ2) is 12.9. The van der Waals surface area contributed by atoms with Gasteiger partial charge in [0.2, 0.25) is 5.91 Å². The van der Waals surface area contributed by atoms with Crippen LogP contribution in [-0.2, 0) is 9.53 Å². The van der Waals surface area contributed by atoms with Crippen LogP contribution >= 0.6 is 0 Å². The Kier molecular flexibility index (Phi) is 9.79. The molecule has 7 unspecified atom stereocenters. The standard InChI is InChI=1S/C38H56N2O3.C3H6/c1-34(2)27(25-10-12-26(13-11-25)32(41)43-6)16-19-35(3)30(34)17-20-37(5)31(35)15-14-28-29-9-7-18-38(29,22-21-36(28,37)4)33(42)40-24-8-23-39;1-3-2/h10-13,16,28-31H,7-9,14-15,17-24,39H2,1-6H3,(H,40,42);3H,1H2,2H3/t28?,29?,30?,31?,35?,36-,37?,38?;/m1./s1. The number of ether oxygens (including phenoxy) is 1. The molecule has 4 saturated carbocycles. The lowest BCUT2D eigenvalue weighted by molar-refractivity contribution is -0.222. The van der Waals surface area contributed by atoms with Gasteiger partial charge in [-0.3, -0.25) is 4.79 Å². The van der Waals surface area contributed by atoms with Crippen molar-refractivity contribution < 1.29 is 14.3 Å². The van der Waals surface area contributed by atoms with Gasteiger partial charge in [-0.15, -0.1) is 6.58 Å². The molecular weight excluding hydrogens is 568 g/mol. The van der Waals surface area contributed by atoms with Crippen molar-refractivity contribution in [1.29, 1.82) is 0 Å². The first-order valence-electron chi connectivity index (χ1n) is 18.3. The number of hydrogen-bond acceptors (Lipinski definition) is 4. The van der Waals surface area contributed by atoms with Crippen LogP contribution in [0.15, 0.2) is 43.0 Å². The molecule has 8 atom stereocenters. The molecule has 0 spiro atoms. The van der Waals surface area contributed by atoms with Gasteiger partial charge in [0.05, 0.1) is 18.1 Å². The fraction of sp³-hybridized carbons (Fsp3) is 0.707. The van der Waals surface area contributed by atoms with Gasteiger partial charge in [0.25, 0.3) is 0 Å². The van der Waals surface area contributed by atoms with Crippen molar-refractivity contribution >= 4 is 17.4 Å². The van der Waals surface area contributed by atoms with E-state index in [0.29, 0.717) is 48.2 Å². The molecule has 0 bridgehead atoms. The molecule has 3 N–H and O–H groups in total. The quantitative estimate of drug-likeness (QED) is 0.187. The minimum atomic E-state index is -0.281. The molecule has 46 heavy (non-hydrogen) atoms. The molecule has 1 aromatic rings. The summed E-state index contributed by atoms with van der Waals surface area (Å²) in [6.45, 7) is 19.5. The number of nitrogens with one attached hydrogen (secondary N) is 1. The van der Waals surface area contributed by atoms with Gasteiger partial charge in [0, 0.05) is 6.54 Å². The largest absolute Gasteiger partial charge is 0.465 e. The maximum absolute atomic E-state index is 13.8. The fourth-order valence-corrected chi connectivity index (χ4v) is 12.4. The first kappa shape index (κ1) is 34.9. The van der Waals surface area contributed by atoms with Gasteiger partial charge in [0.1, 0.15) is 0 Å². The molecule has 4 fully saturated rings. The molecule has 1 amide bonds. The molecule has 5 aliphatic carbocycles. The average Bonchev–Trinajstić information content (AvgIpc) is 3.47. The van der Waals surface area contributed by atoms with Crippen LogP contribution < -0.4 is 11.1 Å². The molecule has 254 valence electrons. The third kappa shape index (κ3) is 5.22. The molecule has 5 heteroatoms. The number of fused-ring (bicyclic) bond motifs is 7. The Morgan fingerprint density at radius 1 is 0.935 bits per heavy atom. The summed E-state index contributed by atoms with van der Waals surface area (Å²) in [7, 11) is 1.44. The number of allylic oxidation sites excluding steroid dienone is 3. The van der Waals surface area contributed by atoms with E-state index < -0.39 is 0 Å². The average molecular weight is 631 g/mol. The van der Waals surface area contributed by atoms with Gasteiger partial charge in [-0.05, 0) is 146 Å². The van der Waals surface area contributed by atoms with Crippen LogP contribution in [0.1, 0.15) is 128 Å². The Morgan fingerprint density at radius 2 is 1.63 bits per heavy atom. The number of rotatable bonds is 6. The summed E-state index contributed by atoms with van der Waals surface area (Å²) in [6.07, 6.45) is 17.1. The number of amides is 1. The number of carbonyl (C=O) groups is 2. The third-order valence-electron chi connectivity index (χ3n) is 14.7. The van der Waals surface area contributed by atoms with Crippen molar-refractivity contribution in [2.45, 2.75) is 112 Å². The molecule has 0 heterocycles. The second-order valence-electron chi connectivity index (χ2n) is 16.7. The van der Waals surface area contributed by atoms with Crippen LogP contribution in [0.2, 0.25) is 0 Å². The highest BCUT2D eigenvalue weighted by Gasteiger charge is 2.70. The van der Waals surface area contributed by atoms with Gasteiger partial charge in [-0.1, -0.05) is 65.3 Å². The minimum absolute atomic E-state index is 0.0493. The normalized spacial score (nSPS) is 38.7. The molecule has 0 aromatic heterocycles. The number of carbonyl (C=O) groups excluding carboxylic acids is 2. The number of methoxy groups -OCH3 is 1. The van der Waals surface area contributed by atoms with Crippen LogP contribution in [-0.4, -0.2) is 32.1 Å². The van der Waals surface area contributed by atoms with Gasteiger partial charge in [0.15, 0.2) is 0 Å². The number of nitrogens with two attached hydrogens (primary N) is 1. The van der Waals surface area contributed by atoms with Crippen molar-refractivity contribution in [1.82, 2.24) is 5.32 Å². The van der Waals surface area contributed by atoms with E-state index in [-0.39, 0.29) is 33.0 Å². The lowest BCUT2D eigenvalue weighted by atomic mass is 9.32. The lowest BCUT2D eigenvalue weighted by Gasteiger charge is -2.72. The van der Waals surface area contributed by atoms with Crippen molar-refractivity contribution in [2.24, 2.45) is 56.5 Å². The zero-order valence-corrected chi connectivity index (χ0v) is 30.0. The van der Waals surface area contributed by atoms with Crippen molar-refractivity contribution in [3.05, 3.63) is 54.1 Å². The van der Waals surface area contributed by atoms with Crippen LogP contribution in [0.4, 0.5) is 0 Å². The molecule has 0 radical (unpaired) electrons. The van der Waals surface area contributed by atoms with Crippen molar-refractivity contribution in [3.63, 3.8) is 0 Å². The summed E-state index contributed by atoms with van der Waals surface area (Å²) >= 11 is 0. The van der Waals surface area contributed by atoms with E-state index in [9.17, 15) is 9.59 Å². The highest BCUT2D eigenvalue weighted by molar-refractivity contribution is 5.90. The third-order valence-corrected chi connectivity index (χ3v) is 14.7. The van der Waals surface area contributed by atoms with Gasteiger partial charge in [-0.25, -0.2) is 4.79 Å². The fourth-order valence-electron chi connectivity index (χ4n) is 12.4. The summed E-state index contributed by atoms with van der Waals surface area (Å²) in [4.78, 5) is 25.8. The van der Waals surface area contributed by atoms with Gasteiger partial charge >= 0.3 is 5.97 Å². The van der Waals surface area contributed by atoms with Crippen LogP contribution in [0.5, 0.6) is 0 Å². The van der Waals surface area contributed by atoms with Crippen LogP contribution in [0.25, 0.3) is 5.57 Å². The number of esters is 1. The summed E-state index contributed by atoms with van der Waals surface area (Å²) in [5.41, 5.74) is 9.73. The molecule has 6 rings (SSSR count). The zero-order valence-electron chi connectivity index (χ0n) is 30.0. The van der Waals surface area contributed by atoms with Gasteiger partial charge in [-0.2, -0.15) is 0 Å². The van der Waals surface area contributed by atoms with E-state index >= 15 is 0 Å². The van der Waals surface area contributed by atoms with Crippen LogP contribution in [0.3, 0.4) is 0 Å². The Bertz CT molecular complexity index is 1330. The predicted molar refractivity (Wildman–Crippen MR) is 189 cm³/mol. The maximum Gasteiger partial charge on any atom is 0.337 e. The molecular formula is C41H62N2O3. The highest BCUT2D eigenvalue weighted by Crippen LogP contribution is 2.77. The molecule has 0 saturated heterocycles. The zero-order chi connectivity index (χ0) is 33.5. The first-order chi connectivity index (χ1) is 21.8. The van der Waals surface area contributed by atoms with Gasteiger partial charge < -0.3 is 15.8 Å². The SMILES string of the molecule is C=CC.COC(=O)c1ccc(C2=CCC3(C)C(CCC4(C)C3CCC3C5CCCC5(C(=O)NCCCN)CC[C@]34C)C2(C)C)cc1. The van der Waals surface area contributed by atoms with Crippen molar-refractivity contribution in [2.75, 3.05) is 20.2 Å². The summed E-state index contributed by atoms with van der Waals surface area (Å²) < 4.78 is 4.93. The second-order valence-corrected chi connectivity index (χ2v) is 16.7.